The van der Waals surface area contributed by atoms with Gasteiger partial charge in [-0.15, -0.1) is 0 Å². The van der Waals surface area contributed by atoms with Gasteiger partial charge in [0, 0.05) is 44.4 Å². The first kappa shape index (κ1) is 32.3. The Bertz CT molecular complexity index is 1950. The number of anilines is 1. The first-order chi connectivity index (χ1) is 22.0. The molecule has 0 unspecified atom stereocenters. The monoisotopic (exact) mass is 628 g/mol. The summed E-state index contributed by atoms with van der Waals surface area (Å²) in [6, 6.07) is 14.7. The largest absolute Gasteiger partial charge is 0.496 e. The van der Waals surface area contributed by atoms with Crippen LogP contribution < -0.4 is 31.9 Å². The van der Waals surface area contributed by atoms with E-state index >= 15 is 4.39 Å². The number of rotatable bonds is 10. The zero-order chi connectivity index (χ0) is 33.1. The van der Waals surface area contributed by atoms with Crippen molar-refractivity contribution in [3.63, 3.8) is 0 Å². The van der Waals surface area contributed by atoms with Crippen LogP contribution in [0.25, 0.3) is 22.3 Å². The molecule has 1 aromatic heterocycles. The highest BCUT2D eigenvalue weighted by Crippen LogP contribution is 2.37. The molecule has 1 atom stereocenters. The van der Waals surface area contributed by atoms with E-state index in [0.29, 0.717) is 35.5 Å². The van der Waals surface area contributed by atoms with Gasteiger partial charge < -0.3 is 20.7 Å². The second-order valence-corrected chi connectivity index (χ2v) is 11.4. The van der Waals surface area contributed by atoms with Crippen LogP contribution in [-0.4, -0.2) is 45.9 Å². The maximum absolute atomic E-state index is 15.5. The highest BCUT2D eigenvalue weighted by molar-refractivity contribution is 6.03. The molecule has 2 amide bonds. The molecule has 3 N–H and O–H groups in total. The molecule has 0 saturated carbocycles. The van der Waals surface area contributed by atoms with Gasteiger partial charge in [0.25, 0.3) is 11.5 Å². The summed E-state index contributed by atoms with van der Waals surface area (Å²) in [6.45, 7) is 4.73. The SMILES string of the molecule is COc1cc(-c2cccc(-c3cccc(NC(=O)c4nn(C)c(=O)n(C)c4=O)c3C)c2C)cc(F)c1CNCC[C@@H]1CCC(=O)N1. The normalized spacial score (nSPS) is 14.3. The van der Waals surface area contributed by atoms with Crippen molar-refractivity contribution in [3.05, 3.63) is 97.6 Å². The Morgan fingerprint density at radius 1 is 1.04 bits per heavy atom. The van der Waals surface area contributed by atoms with Gasteiger partial charge in [-0.05, 0) is 84.8 Å². The number of carbonyl (C=O) groups is 2. The Morgan fingerprint density at radius 2 is 1.74 bits per heavy atom. The second-order valence-electron chi connectivity index (χ2n) is 11.4. The third-order valence-corrected chi connectivity index (χ3v) is 8.48. The summed E-state index contributed by atoms with van der Waals surface area (Å²) < 4.78 is 22.9. The van der Waals surface area contributed by atoms with E-state index in [4.69, 9.17) is 4.74 Å². The Labute approximate surface area is 265 Å². The van der Waals surface area contributed by atoms with Gasteiger partial charge in [0.2, 0.25) is 11.6 Å². The highest BCUT2D eigenvalue weighted by atomic mass is 19.1. The van der Waals surface area contributed by atoms with Crippen LogP contribution in [0.15, 0.2) is 58.1 Å². The molecular weight excluding hydrogens is 591 g/mol. The van der Waals surface area contributed by atoms with Gasteiger partial charge in [-0.1, -0.05) is 30.3 Å². The summed E-state index contributed by atoms with van der Waals surface area (Å²) in [5.41, 5.74) is 3.92. The van der Waals surface area contributed by atoms with Crippen LogP contribution in [0.4, 0.5) is 10.1 Å². The van der Waals surface area contributed by atoms with E-state index in [9.17, 15) is 19.2 Å². The Morgan fingerprint density at radius 3 is 2.43 bits per heavy atom. The fourth-order valence-electron chi connectivity index (χ4n) is 5.83. The standard InChI is InChI=1S/C34H37FN6O5/c1-19-23(21-16-27(35)26(29(17-21)46-5)18-36-15-14-22-12-13-30(42)37-22)8-6-9-24(19)25-10-7-11-28(20(25)2)38-32(43)31-33(44)40(3)34(45)41(4)39-31/h6-11,16-17,22,36H,12-15,18H2,1-5H3,(H,37,42)(H,38,43)/t22-/m0/s1. The lowest BCUT2D eigenvalue weighted by Crippen LogP contribution is -2.43. The Balaban J connectivity index is 1.39. The first-order valence-corrected chi connectivity index (χ1v) is 15.0. The topological polar surface area (TPSA) is 136 Å². The van der Waals surface area contributed by atoms with Gasteiger partial charge in [-0.2, -0.15) is 5.10 Å². The van der Waals surface area contributed by atoms with Crippen LogP contribution in [0.3, 0.4) is 0 Å². The Hall–Kier alpha value is -5.10. The number of nitrogens with zero attached hydrogens (tertiary/aromatic N) is 3. The number of amides is 2. The van der Waals surface area contributed by atoms with Crippen LogP contribution in [-0.2, 0) is 25.4 Å². The molecule has 3 aromatic carbocycles. The van der Waals surface area contributed by atoms with Crippen LogP contribution in [0.5, 0.6) is 5.75 Å². The highest BCUT2D eigenvalue weighted by Gasteiger charge is 2.22. The molecule has 1 fully saturated rings. The van der Waals surface area contributed by atoms with E-state index in [1.165, 1.54) is 27.3 Å². The molecule has 0 spiro atoms. The molecule has 2 heterocycles. The molecule has 12 heteroatoms. The van der Waals surface area contributed by atoms with Crippen LogP contribution in [0, 0.1) is 19.7 Å². The predicted molar refractivity (Wildman–Crippen MR) is 173 cm³/mol. The van der Waals surface area contributed by atoms with E-state index in [1.54, 1.807) is 12.1 Å². The van der Waals surface area contributed by atoms with E-state index < -0.39 is 22.9 Å². The van der Waals surface area contributed by atoms with Gasteiger partial charge in [-0.25, -0.2) is 13.9 Å². The zero-order valence-corrected chi connectivity index (χ0v) is 26.5. The summed E-state index contributed by atoms with van der Waals surface area (Å²) in [7, 11) is 4.17. The number of hydrogen-bond acceptors (Lipinski definition) is 7. The molecule has 46 heavy (non-hydrogen) atoms. The molecule has 240 valence electrons. The van der Waals surface area contributed by atoms with E-state index in [2.05, 4.69) is 21.0 Å². The number of nitrogens with one attached hydrogen (secondary N) is 3. The number of halogens is 1. The van der Waals surface area contributed by atoms with Crippen molar-refractivity contribution in [1.82, 2.24) is 25.0 Å². The average molecular weight is 629 g/mol. The third-order valence-electron chi connectivity index (χ3n) is 8.48. The molecule has 11 nitrogen and oxygen atoms in total. The quantitative estimate of drug-likeness (QED) is 0.229. The number of benzene rings is 3. The number of carbonyl (C=O) groups excluding carboxylic acids is 2. The van der Waals surface area contributed by atoms with Crippen LogP contribution >= 0.6 is 0 Å². The van der Waals surface area contributed by atoms with Gasteiger partial charge in [-0.3, -0.25) is 19.0 Å². The fourth-order valence-corrected chi connectivity index (χ4v) is 5.83. The number of methoxy groups -OCH3 is 1. The van der Waals surface area contributed by atoms with Crippen molar-refractivity contribution in [3.8, 4) is 28.0 Å². The summed E-state index contributed by atoms with van der Waals surface area (Å²) in [5.74, 6) is -0.615. The van der Waals surface area contributed by atoms with Crippen molar-refractivity contribution >= 4 is 17.5 Å². The lowest BCUT2D eigenvalue weighted by Gasteiger charge is -2.18. The molecule has 1 saturated heterocycles. The van der Waals surface area contributed by atoms with Gasteiger partial charge >= 0.3 is 5.69 Å². The minimum Gasteiger partial charge on any atom is -0.496 e. The molecule has 4 aromatic rings. The van der Waals surface area contributed by atoms with Crippen molar-refractivity contribution in [2.45, 2.75) is 45.7 Å². The average Bonchev–Trinajstić information content (AvgIpc) is 3.46. The zero-order valence-electron chi connectivity index (χ0n) is 26.5. The number of aromatic nitrogens is 3. The summed E-state index contributed by atoms with van der Waals surface area (Å²) >= 11 is 0. The summed E-state index contributed by atoms with van der Waals surface area (Å²) in [6.07, 6.45) is 2.14. The molecule has 1 aliphatic heterocycles. The van der Waals surface area contributed by atoms with Crippen molar-refractivity contribution in [2.24, 2.45) is 14.1 Å². The van der Waals surface area contributed by atoms with Gasteiger partial charge in [0.05, 0.1) is 7.11 Å². The summed E-state index contributed by atoms with van der Waals surface area (Å²) in [4.78, 5) is 49.1. The molecule has 5 rings (SSSR count). The van der Waals surface area contributed by atoms with Gasteiger partial charge in [0.15, 0.2) is 0 Å². The second kappa shape index (κ2) is 13.5. The maximum atomic E-state index is 15.5. The third kappa shape index (κ3) is 6.47. The molecule has 0 aliphatic carbocycles. The fraction of sp³-hybridized carbons (Fsp3) is 0.324. The summed E-state index contributed by atoms with van der Waals surface area (Å²) in [5, 5.41) is 12.8. The number of ether oxygens (including phenoxy) is 1. The van der Waals surface area contributed by atoms with Crippen molar-refractivity contribution < 1.29 is 18.7 Å². The lowest BCUT2D eigenvalue weighted by molar-refractivity contribution is -0.119. The lowest BCUT2D eigenvalue weighted by atomic mass is 9.90. The Kier molecular flexibility index (Phi) is 9.47. The van der Waals surface area contributed by atoms with Crippen molar-refractivity contribution in [1.29, 1.82) is 0 Å². The van der Waals surface area contributed by atoms with E-state index in [1.807, 2.05) is 44.2 Å². The minimum absolute atomic E-state index is 0.0751. The maximum Gasteiger partial charge on any atom is 0.346 e. The number of aryl methyl sites for hydroxylation is 1. The first-order valence-electron chi connectivity index (χ1n) is 15.0. The van der Waals surface area contributed by atoms with Gasteiger partial charge in [0.1, 0.15) is 11.6 Å². The van der Waals surface area contributed by atoms with E-state index in [-0.39, 0.29) is 24.3 Å². The minimum atomic E-state index is -0.790. The molecular formula is C34H37FN6O5. The number of hydrogen-bond donors (Lipinski definition) is 3. The molecule has 0 radical (unpaired) electrons. The smallest absolute Gasteiger partial charge is 0.346 e. The molecule has 1 aliphatic rings. The predicted octanol–water partition coefficient (Wildman–Crippen LogP) is 3.59. The van der Waals surface area contributed by atoms with Crippen LogP contribution in [0.2, 0.25) is 0 Å². The van der Waals surface area contributed by atoms with Crippen LogP contribution in [0.1, 0.15) is 46.4 Å². The van der Waals surface area contributed by atoms with E-state index in [0.717, 1.165) is 49.9 Å². The van der Waals surface area contributed by atoms with Crippen molar-refractivity contribution in [2.75, 3.05) is 19.0 Å². The molecule has 0 bridgehead atoms.